The number of fused-ring (bicyclic) bond motifs is 2. The summed E-state index contributed by atoms with van der Waals surface area (Å²) < 4.78 is 1.75. The number of nitrogens with one attached hydrogen (secondary N) is 1. The number of aromatic amines is 1. The minimum atomic E-state index is -0.0533. The monoisotopic (exact) mass is 389 g/mol. The zero-order chi connectivity index (χ0) is 19.4. The van der Waals surface area contributed by atoms with Crippen molar-refractivity contribution in [2.45, 2.75) is 49.9 Å². The highest BCUT2D eigenvalue weighted by molar-refractivity contribution is 5.46. The Bertz CT molecular complexity index is 1120. The third-order valence-corrected chi connectivity index (χ3v) is 6.63. The number of aromatic nitrogens is 6. The van der Waals surface area contributed by atoms with E-state index in [0.717, 1.165) is 80.3 Å². The average molecular weight is 389 g/mol. The number of hydrogen-bond acceptors (Lipinski definition) is 6. The molecule has 1 saturated carbocycles. The first-order valence-electron chi connectivity index (χ1n) is 10.4. The maximum atomic E-state index is 12.7. The van der Waals surface area contributed by atoms with Crippen molar-refractivity contribution in [1.29, 1.82) is 0 Å². The van der Waals surface area contributed by atoms with Crippen LogP contribution in [0.3, 0.4) is 0 Å². The fourth-order valence-electron chi connectivity index (χ4n) is 4.98. The Kier molecular flexibility index (Phi) is 3.63. The van der Waals surface area contributed by atoms with Crippen molar-refractivity contribution in [2.24, 2.45) is 0 Å². The Labute approximate surface area is 168 Å². The Balaban J connectivity index is 1.36. The normalized spacial score (nSPS) is 23.5. The van der Waals surface area contributed by atoms with Crippen LogP contribution in [0.1, 0.15) is 55.1 Å². The molecule has 1 saturated heterocycles. The van der Waals surface area contributed by atoms with Crippen LogP contribution in [-0.2, 0) is 11.8 Å². The maximum absolute atomic E-state index is 12.7. The van der Waals surface area contributed by atoms with Gasteiger partial charge in [0.25, 0.3) is 5.56 Å². The molecule has 0 radical (unpaired) electrons. The van der Waals surface area contributed by atoms with Crippen LogP contribution in [0.5, 0.6) is 0 Å². The van der Waals surface area contributed by atoms with Gasteiger partial charge in [-0.05, 0) is 44.6 Å². The van der Waals surface area contributed by atoms with E-state index in [4.69, 9.17) is 4.98 Å². The van der Waals surface area contributed by atoms with Crippen LogP contribution in [0.2, 0.25) is 0 Å². The van der Waals surface area contributed by atoms with E-state index >= 15 is 0 Å². The zero-order valence-corrected chi connectivity index (χ0v) is 16.2. The van der Waals surface area contributed by atoms with E-state index in [0.29, 0.717) is 5.92 Å². The van der Waals surface area contributed by atoms with Gasteiger partial charge < -0.3 is 9.88 Å². The van der Waals surface area contributed by atoms with Gasteiger partial charge in [0.05, 0.1) is 5.69 Å². The Hall–Kier alpha value is -3.03. The van der Waals surface area contributed by atoms with Crippen LogP contribution >= 0.6 is 0 Å². The number of nitrogens with zero attached hydrogens (tertiary/aromatic N) is 6. The average Bonchev–Trinajstić information content (AvgIpc) is 3.34. The number of rotatable bonds is 3. The molecule has 0 amide bonds. The highest BCUT2D eigenvalue weighted by atomic mass is 16.1. The quantitative estimate of drug-likeness (QED) is 0.738. The lowest BCUT2D eigenvalue weighted by Crippen LogP contribution is -2.46. The second kappa shape index (κ2) is 6.23. The van der Waals surface area contributed by atoms with Gasteiger partial charge in [-0.25, -0.2) is 19.6 Å². The van der Waals surface area contributed by atoms with Gasteiger partial charge in [-0.3, -0.25) is 4.79 Å². The predicted octanol–water partition coefficient (Wildman–Crippen LogP) is 2.11. The largest absolute Gasteiger partial charge is 0.356 e. The van der Waals surface area contributed by atoms with Crippen molar-refractivity contribution in [3.8, 4) is 5.82 Å². The first-order chi connectivity index (χ1) is 14.2. The van der Waals surface area contributed by atoms with E-state index in [1.165, 1.54) is 0 Å². The SMILES string of the molecule is O=c1[nH]c(C2CC2)nc2c1CCC21CCCN(c2cc(-n3cccn3)ncn2)C1. The molecule has 148 valence electrons. The molecule has 0 aromatic carbocycles. The molecule has 29 heavy (non-hydrogen) atoms. The summed E-state index contributed by atoms with van der Waals surface area (Å²) in [5, 5.41) is 4.27. The summed E-state index contributed by atoms with van der Waals surface area (Å²) in [4.78, 5) is 32.0. The van der Waals surface area contributed by atoms with E-state index in [9.17, 15) is 4.79 Å². The van der Waals surface area contributed by atoms with E-state index in [2.05, 4.69) is 25.0 Å². The number of piperidine rings is 1. The molecule has 6 rings (SSSR count). The summed E-state index contributed by atoms with van der Waals surface area (Å²) in [5.74, 6) is 3.02. The summed E-state index contributed by atoms with van der Waals surface area (Å²) >= 11 is 0. The summed E-state index contributed by atoms with van der Waals surface area (Å²) in [6, 6.07) is 3.87. The van der Waals surface area contributed by atoms with Crippen LogP contribution < -0.4 is 10.5 Å². The van der Waals surface area contributed by atoms with Gasteiger partial charge in [-0.1, -0.05) is 0 Å². The van der Waals surface area contributed by atoms with Gasteiger partial charge in [-0.2, -0.15) is 5.10 Å². The molecule has 1 atom stereocenters. The Morgan fingerprint density at radius 1 is 1.17 bits per heavy atom. The molecular formula is C21H23N7O. The van der Waals surface area contributed by atoms with Gasteiger partial charge in [0.2, 0.25) is 0 Å². The second-order valence-corrected chi connectivity index (χ2v) is 8.54. The lowest BCUT2D eigenvalue weighted by atomic mass is 9.77. The third-order valence-electron chi connectivity index (χ3n) is 6.63. The first-order valence-corrected chi connectivity index (χ1v) is 10.4. The van der Waals surface area contributed by atoms with Crippen LogP contribution in [-0.4, -0.2) is 42.8 Å². The topological polar surface area (TPSA) is 92.6 Å². The Morgan fingerprint density at radius 2 is 2.07 bits per heavy atom. The standard InChI is InChI=1S/C21H23N7O/c29-20-15-5-7-21(18(15)25-19(26-20)14-3-4-14)6-1-9-27(12-21)16-11-17(23-13-22-16)28-10-2-8-24-28/h2,8,10-11,13-14H,1,3-7,9,12H2,(H,25,26,29). The van der Waals surface area contributed by atoms with Crippen LogP contribution in [0.4, 0.5) is 5.82 Å². The van der Waals surface area contributed by atoms with Gasteiger partial charge in [0.1, 0.15) is 18.0 Å². The minimum absolute atomic E-state index is 0.0533. The summed E-state index contributed by atoms with van der Waals surface area (Å²) in [5.41, 5.74) is 1.97. The fourth-order valence-corrected chi connectivity index (χ4v) is 4.98. The van der Waals surface area contributed by atoms with E-state index < -0.39 is 0 Å². The van der Waals surface area contributed by atoms with Gasteiger partial charge in [0.15, 0.2) is 5.82 Å². The van der Waals surface area contributed by atoms with Crippen molar-refractivity contribution in [2.75, 3.05) is 18.0 Å². The van der Waals surface area contributed by atoms with Crippen molar-refractivity contribution in [3.05, 3.63) is 58.3 Å². The lowest BCUT2D eigenvalue weighted by Gasteiger charge is -2.41. The molecule has 3 aliphatic rings. The molecule has 1 unspecified atom stereocenters. The van der Waals surface area contributed by atoms with Crippen LogP contribution in [0.25, 0.3) is 5.82 Å². The third kappa shape index (κ3) is 2.77. The number of hydrogen-bond donors (Lipinski definition) is 1. The Morgan fingerprint density at radius 3 is 2.90 bits per heavy atom. The summed E-state index contributed by atoms with van der Waals surface area (Å²) in [6.07, 6.45) is 11.4. The fraction of sp³-hybridized carbons (Fsp3) is 0.476. The van der Waals surface area contributed by atoms with E-state index in [1.807, 2.05) is 18.3 Å². The zero-order valence-electron chi connectivity index (χ0n) is 16.2. The highest BCUT2D eigenvalue weighted by Crippen LogP contribution is 2.45. The molecule has 4 heterocycles. The van der Waals surface area contributed by atoms with E-state index in [1.54, 1.807) is 17.2 Å². The van der Waals surface area contributed by atoms with Gasteiger partial charge >= 0.3 is 0 Å². The molecule has 3 aromatic heterocycles. The van der Waals surface area contributed by atoms with Crippen molar-refractivity contribution in [3.63, 3.8) is 0 Å². The molecule has 0 bridgehead atoms. The van der Waals surface area contributed by atoms with Gasteiger partial charge in [0, 0.05) is 48.4 Å². The summed E-state index contributed by atoms with van der Waals surface area (Å²) in [7, 11) is 0. The van der Waals surface area contributed by atoms with Crippen molar-refractivity contribution < 1.29 is 0 Å². The minimum Gasteiger partial charge on any atom is -0.356 e. The molecule has 2 aliphatic carbocycles. The van der Waals surface area contributed by atoms with Crippen molar-refractivity contribution >= 4 is 5.82 Å². The van der Waals surface area contributed by atoms with Crippen LogP contribution in [0, 0.1) is 0 Å². The summed E-state index contributed by atoms with van der Waals surface area (Å²) in [6.45, 7) is 1.79. The number of H-pyrrole nitrogens is 1. The van der Waals surface area contributed by atoms with Crippen LogP contribution in [0.15, 0.2) is 35.6 Å². The molecule has 1 N–H and O–H groups in total. The molecule has 2 fully saturated rings. The van der Waals surface area contributed by atoms with Crippen molar-refractivity contribution in [1.82, 2.24) is 29.7 Å². The predicted molar refractivity (Wildman–Crippen MR) is 107 cm³/mol. The molecule has 3 aromatic rings. The molecular weight excluding hydrogens is 366 g/mol. The van der Waals surface area contributed by atoms with E-state index in [-0.39, 0.29) is 11.0 Å². The maximum Gasteiger partial charge on any atom is 0.254 e. The second-order valence-electron chi connectivity index (χ2n) is 8.54. The first kappa shape index (κ1) is 16.9. The lowest BCUT2D eigenvalue weighted by molar-refractivity contribution is 0.332. The highest BCUT2D eigenvalue weighted by Gasteiger charge is 2.45. The molecule has 8 heteroatoms. The molecule has 1 aliphatic heterocycles. The van der Waals surface area contributed by atoms with Gasteiger partial charge in [-0.15, -0.1) is 0 Å². The number of anilines is 1. The molecule has 8 nitrogen and oxygen atoms in total. The molecule has 1 spiro atoms. The smallest absolute Gasteiger partial charge is 0.254 e.